The summed E-state index contributed by atoms with van der Waals surface area (Å²) in [5.74, 6) is -1.14. The lowest BCUT2D eigenvalue weighted by Crippen LogP contribution is -2.53. The van der Waals surface area contributed by atoms with E-state index in [1.807, 2.05) is 45.0 Å². The Hall–Kier alpha value is -1.91. The van der Waals surface area contributed by atoms with E-state index in [1.165, 1.54) is 0 Å². The molecule has 1 amide bonds. The van der Waals surface area contributed by atoms with Gasteiger partial charge in [-0.25, -0.2) is 14.8 Å². The highest BCUT2D eigenvalue weighted by atomic mass is 16.4. The lowest BCUT2D eigenvalue weighted by molar-refractivity contribution is 0.129. The van der Waals surface area contributed by atoms with Gasteiger partial charge in [0.15, 0.2) is 0 Å². The molecule has 17 heavy (non-hydrogen) atoms. The predicted octanol–water partition coefficient (Wildman–Crippen LogP) is 0.907. The number of hydrogen-bond donors (Lipinski definition) is 2. The Morgan fingerprint density at radius 1 is 1.24 bits per heavy atom. The van der Waals surface area contributed by atoms with Crippen molar-refractivity contribution >= 4 is 6.09 Å². The van der Waals surface area contributed by atoms with Crippen LogP contribution in [-0.4, -0.2) is 17.0 Å². The Morgan fingerprint density at radius 3 is 2.06 bits per heavy atom. The molecule has 5 nitrogen and oxygen atoms in total. The molecule has 0 unspecified atom stereocenters. The average Bonchev–Trinajstić information content (AvgIpc) is 2.54. The summed E-state index contributed by atoms with van der Waals surface area (Å²) in [6.07, 6.45) is -1.12. The molecule has 1 heterocycles. The van der Waals surface area contributed by atoms with Gasteiger partial charge in [0.2, 0.25) is 5.79 Å². The number of nitrogens with zero attached hydrogens (tertiary/aromatic N) is 2. The highest BCUT2D eigenvalue weighted by Gasteiger charge is 2.45. The zero-order chi connectivity index (χ0) is 12.7. The highest BCUT2D eigenvalue weighted by molar-refractivity contribution is 5.65. The third-order valence-corrected chi connectivity index (χ3v) is 2.77. The first-order valence-corrected chi connectivity index (χ1v) is 5.40. The number of benzene rings is 1. The second kappa shape index (κ2) is 3.55. The molecular weight excluding hydrogens is 218 g/mol. The van der Waals surface area contributed by atoms with E-state index < -0.39 is 17.3 Å². The van der Waals surface area contributed by atoms with Crippen molar-refractivity contribution in [1.82, 2.24) is 5.32 Å². The number of hydrogen-bond acceptors (Lipinski definition) is 3. The molecule has 90 valence electrons. The van der Waals surface area contributed by atoms with Gasteiger partial charge in [-0.1, -0.05) is 32.9 Å². The normalized spacial score (nSPS) is 16.6. The Kier molecular flexibility index (Phi) is 2.41. The van der Waals surface area contributed by atoms with Gasteiger partial charge in [-0.05, 0) is 12.1 Å². The fourth-order valence-electron chi connectivity index (χ4n) is 1.75. The Balaban J connectivity index is 2.62. The van der Waals surface area contributed by atoms with Crippen molar-refractivity contribution in [3.8, 4) is 0 Å². The summed E-state index contributed by atoms with van der Waals surface area (Å²) in [4.78, 5) is 19.8. The van der Waals surface area contributed by atoms with Crippen molar-refractivity contribution in [1.29, 1.82) is 0 Å². The van der Waals surface area contributed by atoms with Crippen molar-refractivity contribution in [3.63, 3.8) is 0 Å². The molecule has 1 aromatic rings. The van der Waals surface area contributed by atoms with Crippen molar-refractivity contribution in [3.05, 3.63) is 35.0 Å². The molecule has 2 N–H and O–H groups in total. The maximum absolute atomic E-state index is 10.9. The third-order valence-electron chi connectivity index (χ3n) is 2.77. The average molecular weight is 233 g/mol. The van der Waals surface area contributed by atoms with Crippen LogP contribution in [0.15, 0.2) is 34.3 Å². The van der Waals surface area contributed by atoms with Gasteiger partial charge in [-0.3, -0.25) is 5.32 Å². The number of carbonyl (C=O) groups is 1. The Labute approximate surface area is 98.9 Å². The second-order valence-electron chi connectivity index (χ2n) is 5.06. The van der Waals surface area contributed by atoms with Crippen LogP contribution in [0.25, 0.3) is 0 Å². The second-order valence-corrected chi connectivity index (χ2v) is 5.06. The molecule has 0 spiro atoms. The van der Waals surface area contributed by atoms with Crippen LogP contribution in [0, 0.1) is 5.41 Å². The minimum Gasteiger partial charge on any atom is -0.465 e. The van der Waals surface area contributed by atoms with Crippen LogP contribution in [-0.2, 0) is 0 Å². The first kappa shape index (κ1) is 11.6. The smallest absolute Gasteiger partial charge is 0.408 e. The summed E-state index contributed by atoms with van der Waals surface area (Å²) < 4.78 is 0. The van der Waals surface area contributed by atoms with Crippen LogP contribution in [0.3, 0.4) is 0 Å². The third kappa shape index (κ3) is 1.88. The number of nitrogens with one attached hydrogen (secondary N) is 1. The number of rotatable bonds is 1. The van der Waals surface area contributed by atoms with Gasteiger partial charge >= 0.3 is 6.09 Å². The quantitative estimate of drug-likeness (QED) is 0.756. The van der Waals surface area contributed by atoms with Crippen molar-refractivity contribution in [2.75, 3.05) is 0 Å². The van der Waals surface area contributed by atoms with E-state index in [-0.39, 0.29) is 0 Å². The molecule has 1 aromatic carbocycles. The summed E-state index contributed by atoms with van der Waals surface area (Å²) in [6.45, 7) is 5.71. The van der Waals surface area contributed by atoms with Crippen molar-refractivity contribution in [2.45, 2.75) is 26.6 Å². The molecule has 0 saturated carbocycles. The lowest BCUT2D eigenvalue weighted by Gasteiger charge is -2.35. The predicted molar refractivity (Wildman–Crippen MR) is 62.1 cm³/mol. The minimum absolute atomic E-state index is 0.440. The Bertz CT molecular complexity index is 537. The SMILES string of the molecule is CC(C)(C)C1(NC(=O)O)N=c2ccccc2=N1. The van der Waals surface area contributed by atoms with E-state index in [1.54, 1.807) is 0 Å². The number of carboxylic acid groups (broad SMARTS) is 1. The van der Waals surface area contributed by atoms with E-state index in [4.69, 9.17) is 5.11 Å². The van der Waals surface area contributed by atoms with Gasteiger partial charge in [-0.2, -0.15) is 0 Å². The van der Waals surface area contributed by atoms with E-state index in [0.29, 0.717) is 0 Å². The maximum Gasteiger partial charge on any atom is 0.408 e. The van der Waals surface area contributed by atoms with Crippen LogP contribution in [0.2, 0.25) is 0 Å². The number of amides is 1. The summed E-state index contributed by atoms with van der Waals surface area (Å²) in [5, 5.41) is 12.8. The van der Waals surface area contributed by atoms with Crippen LogP contribution < -0.4 is 16.0 Å². The van der Waals surface area contributed by atoms with Gasteiger partial charge in [0.25, 0.3) is 0 Å². The largest absolute Gasteiger partial charge is 0.465 e. The molecule has 0 fully saturated rings. The first-order valence-electron chi connectivity index (χ1n) is 5.40. The number of fused-ring (bicyclic) bond motifs is 1. The molecule has 1 aliphatic heterocycles. The molecule has 0 bridgehead atoms. The number of para-hydroxylation sites is 2. The minimum atomic E-state index is -1.14. The van der Waals surface area contributed by atoms with Gasteiger partial charge in [0, 0.05) is 5.41 Å². The standard InChI is InChI=1S/C12H15N3O2/c1-11(2,3)12(15-10(16)17)13-8-6-4-5-7-9(8)14-12/h4-7,15H,1-3H3,(H,16,17). The fourth-order valence-corrected chi connectivity index (χ4v) is 1.75. The molecular formula is C12H15N3O2. The highest BCUT2D eigenvalue weighted by Crippen LogP contribution is 2.33. The Morgan fingerprint density at radius 2 is 1.71 bits per heavy atom. The summed E-state index contributed by atoms with van der Waals surface area (Å²) in [7, 11) is 0. The molecule has 0 saturated heterocycles. The molecule has 0 atom stereocenters. The first-order chi connectivity index (χ1) is 7.84. The summed E-state index contributed by atoms with van der Waals surface area (Å²) in [6, 6.07) is 7.38. The van der Waals surface area contributed by atoms with Crippen LogP contribution in [0.5, 0.6) is 0 Å². The summed E-state index contributed by atoms with van der Waals surface area (Å²) >= 11 is 0. The van der Waals surface area contributed by atoms with Crippen LogP contribution in [0.4, 0.5) is 4.79 Å². The molecule has 0 aliphatic carbocycles. The lowest BCUT2D eigenvalue weighted by atomic mass is 9.87. The van der Waals surface area contributed by atoms with E-state index >= 15 is 0 Å². The molecule has 0 radical (unpaired) electrons. The van der Waals surface area contributed by atoms with Gasteiger partial charge in [-0.15, -0.1) is 0 Å². The zero-order valence-electron chi connectivity index (χ0n) is 10.1. The summed E-state index contributed by atoms with van der Waals surface area (Å²) in [5.41, 5.74) is -0.440. The van der Waals surface area contributed by atoms with E-state index in [9.17, 15) is 4.79 Å². The van der Waals surface area contributed by atoms with Gasteiger partial charge in [0.05, 0.1) is 10.7 Å². The van der Waals surface area contributed by atoms with Crippen LogP contribution >= 0.6 is 0 Å². The molecule has 0 aromatic heterocycles. The van der Waals surface area contributed by atoms with Crippen molar-refractivity contribution < 1.29 is 9.90 Å². The molecule has 1 aliphatic rings. The molecule has 5 heteroatoms. The monoisotopic (exact) mass is 233 g/mol. The van der Waals surface area contributed by atoms with E-state index in [0.717, 1.165) is 10.7 Å². The van der Waals surface area contributed by atoms with Crippen molar-refractivity contribution in [2.24, 2.45) is 15.4 Å². The fraction of sp³-hybridized carbons (Fsp3) is 0.417. The zero-order valence-corrected chi connectivity index (χ0v) is 10.1. The van der Waals surface area contributed by atoms with Gasteiger partial charge in [0.1, 0.15) is 0 Å². The topological polar surface area (TPSA) is 74.0 Å². The van der Waals surface area contributed by atoms with Crippen LogP contribution in [0.1, 0.15) is 20.8 Å². The maximum atomic E-state index is 10.9. The van der Waals surface area contributed by atoms with Gasteiger partial charge < -0.3 is 5.11 Å². The van der Waals surface area contributed by atoms with E-state index in [2.05, 4.69) is 15.3 Å². The molecule has 2 rings (SSSR count).